The predicted octanol–water partition coefficient (Wildman–Crippen LogP) is 2.66. The van der Waals surface area contributed by atoms with Gasteiger partial charge in [-0.2, -0.15) is 4.98 Å². The van der Waals surface area contributed by atoms with Crippen molar-refractivity contribution in [1.82, 2.24) is 19.9 Å². The van der Waals surface area contributed by atoms with Gasteiger partial charge in [-0.05, 0) is 38.1 Å². The lowest BCUT2D eigenvalue weighted by Gasteiger charge is -2.22. The Morgan fingerprint density at radius 2 is 2.16 bits per heavy atom. The van der Waals surface area contributed by atoms with E-state index in [1.807, 2.05) is 0 Å². The van der Waals surface area contributed by atoms with E-state index in [-0.39, 0.29) is 5.75 Å². The Hall–Kier alpha value is -2.48. The Balaban J connectivity index is 1.62. The molecule has 0 bridgehead atoms. The van der Waals surface area contributed by atoms with Crippen molar-refractivity contribution in [2.75, 3.05) is 37.4 Å². The molecule has 2 N–H and O–H groups in total. The quantitative estimate of drug-likeness (QED) is 0.798. The molecule has 2 aromatic rings. The molecular formula is C17H23FN6O. The smallest absolute Gasteiger partial charge is 0.231 e. The summed E-state index contributed by atoms with van der Waals surface area (Å²) in [4.78, 5) is 15.0. The highest BCUT2D eigenvalue weighted by molar-refractivity contribution is 5.55. The summed E-state index contributed by atoms with van der Waals surface area (Å²) >= 11 is 0. The first-order valence-corrected chi connectivity index (χ1v) is 8.47. The van der Waals surface area contributed by atoms with Crippen LogP contribution in [0.5, 0.6) is 5.75 Å². The molecule has 1 atom stereocenters. The molecule has 1 aliphatic heterocycles. The summed E-state index contributed by atoms with van der Waals surface area (Å²) < 4.78 is 18.7. The van der Waals surface area contributed by atoms with Gasteiger partial charge in [0, 0.05) is 24.3 Å². The highest BCUT2D eigenvalue weighted by Gasteiger charge is 2.22. The zero-order valence-corrected chi connectivity index (χ0v) is 14.5. The van der Waals surface area contributed by atoms with Crippen molar-refractivity contribution in [3.63, 3.8) is 0 Å². The van der Waals surface area contributed by atoms with Crippen molar-refractivity contribution in [3.05, 3.63) is 30.3 Å². The first-order valence-electron chi connectivity index (χ1n) is 8.47. The molecule has 1 saturated heterocycles. The molecule has 0 radical (unpaired) electrons. The van der Waals surface area contributed by atoms with Gasteiger partial charge < -0.3 is 15.4 Å². The molecule has 1 unspecified atom stereocenters. The van der Waals surface area contributed by atoms with Crippen LogP contribution in [0.2, 0.25) is 0 Å². The summed E-state index contributed by atoms with van der Waals surface area (Å²) in [6.07, 6.45) is 3.85. The normalized spacial score (nSPS) is 17.5. The number of likely N-dealkylation sites (tertiary alicyclic amines) is 1. The molecule has 2 heterocycles. The number of methoxy groups -OCH3 is 1. The SMILES string of the molecule is CCN1CCCC1CNc1ncnc(Nc2ccc(OC)c(F)c2)n1. The number of nitrogens with one attached hydrogen (secondary N) is 2. The van der Waals surface area contributed by atoms with E-state index in [2.05, 4.69) is 37.4 Å². The maximum absolute atomic E-state index is 13.8. The third kappa shape index (κ3) is 4.33. The molecule has 1 fully saturated rings. The van der Waals surface area contributed by atoms with Gasteiger partial charge in [0.15, 0.2) is 11.6 Å². The Bertz CT molecular complexity index is 713. The minimum absolute atomic E-state index is 0.195. The number of anilines is 3. The van der Waals surface area contributed by atoms with Crippen LogP contribution >= 0.6 is 0 Å². The zero-order valence-electron chi connectivity index (χ0n) is 14.5. The van der Waals surface area contributed by atoms with Crippen molar-refractivity contribution < 1.29 is 9.13 Å². The van der Waals surface area contributed by atoms with E-state index in [9.17, 15) is 4.39 Å². The van der Waals surface area contributed by atoms with E-state index in [0.29, 0.717) is 23.6 Å². The molecule has 0 saturated carbocycles. The van der Waals surface area contributed by atoms with Crippen molar-refractivity contribution in [3.8, 4) is 5.75 Å². The van der Waals surface area contributed by atoms with Crippen LogP contribution in [0.4, 0.5) is 22.0 Å². The Kier molecular flexibility index (Phi) is 5.60. The lowest BCUT2D eigenvalue weighted by molar-refractivity contribution is 0.277. The van der Waals surface area contributed by atoms with Crippen LogP contribution in [0.25, 0.3) is 0 Å². The monoisotopic (exact) mass is 346 g/mol. The molecule has 0 amide bonds. The van der Waals surface area contributed by atoms with E-state index in [1.165, 1.54) is 32.3 Å². The maximum atomic E-state index is 13.8. The molecule has 8 heteroatoms. The minimum atomic E-state index is -0.444. The molecule has 1 aromatic heterocycles. The Morgan fingerprint density at radius 3 is 2.92 bits per heavy atom. The van der Waals surface area contributed by atoms with Gasteiger partial charge in [0.25, 0.3) is 0 Å². The summed E-state index contributed by atoms with van der Waals surface area (Å²) in [5.74, 6) is 0.622. The predicted molar refractivity (Wildman–Crippen MR) is 94.8 cm³/mol. The first kappa shape index (κ1) is 17.3. The summed E-state index contributed by atoms with van der Waals surface area (Å²) in [6.45, 7) is 5.18. The molecule has 7 nitrogen and oxygen atoms in total. The zero-order chi connectivity index (χ0) is 17.6. The number of halogens is 1. The van der Waals surface area contributed by atoms with Crippen molar-refractivity contribution in [2.24, 2.45) is 0 Å². The van der Waals surface area contributed by atoms with Gasteiger partial charge in [-0.25, -0.2) is 14.4 Å². The number of aromatic nitrogens is 3. The second kappa shape index (κ2) is 8.06. The van der Waals surface area contributed by atoms with Crippen LogP contribution in [-0.2, 0) is 0 Å². The topological polar surface area (TPSA) is 75.2 Å². The van der Waals surface area contributed by atoms with E-state index in [1.54, 1.807) is 12.1 Å². The van der Waals surface area contributed by atoms with Gasteiger partial charge in [-0.1, -0.05) is 6.92 Å². The molecule has 0 spiro atoms. The first-order chi connectivity index (χ1) is 12.2. The number of hydrogen-bond donors (Lipinski definition) is 2. The fourth-order valence-electron chi connectivity index (χ4n) is 3.07. The standard InChI is InChI=1S/C17H23FN6O/c1-3-24-8-4-5-13(24)10-19-16-20-11-21-17(23-16)22-12-6-7-15(25-2)14(18)9-12/h6-7,9,11,13H,3-5,8,10H2,1-2H3,(H2,19,20,21,22,23). The second-order valence-corrected chi connectivity index (χ2v) is 5.91. The molecule has 25 heavy (non-hydrogen) atoms. The van der Waals surface area contributed by atoms with Crippen LogP contribution in [0.1, 0.15) is 19.8 Å². The van der Waals surface area contributed by atoms with Crippen LogP contribution in [-0.4, -0.2) is 52.6 Å². The maximum Gasteiger partial charge on any atom is 0.231 e. The fraction of sp³-hybridized carbons (Fsp3) is 0.471. The minimum Gasteiger partial charge on any atom is -0.494 e. The van der Waals surface area contributed by atoms with Gasteiger partial charge in [0.05, 0.1) is 7.11 Å². The van der Waals surface area contributed by atoms with Crippen LogP contribution in [0, 0.1) is 5.82 Å². The highest BCUT2D eigenvalue weighted by atomic mass is 19.1. The molecule has 3 rings (SSSR count). The number of likely N-dealkylation sites (N-methyl/N-ethyl adjacent to an activating group) is 1. The van der Waals surface area contributed by atoms with E-state index >= 15 is 0 Å². The van der Waals surface area contributed by atoms with Crippen molar-refractivity contribution in [2.45, 2.75) is 25.8 Å². The van der Waals surface area contributed by atoms with Gasteiger partial charge >= 0.3 is 0 Å². The van der Waals surface area contributed by atoms with Gasteiger partial charge in [0.1, 0.15) is 6.33 Å². The van der Waals surface area contributed by atoms with Crippen LogP contribution in [0.3, 0.4) is 0 Å². The molecule has 1 aliphatic rings. The third-order valence-electron chi connectivity index (χ3n) is 4.38. The molecule has 1 aromatic carbocycles. The Morgan fingerprint density at radius 1 is 1.32 bits per heavy atom. The van der Waals surface area contributed by atoms with Crippen molar-refractivity contribution in [1.29, 1.82) is 0 Å². The average Bonchev–Trinajstić information content (AvgIpc) is 3.08. The summed E-state index contributed by atoms with van der Waals surface area (Å²) in [6, 6.07) is 5.11. The van der Waals surface area contributed by atoms with Crippen LogP contribution < -0.4 is 15.4 Å². The number of nitrogens with zero attached hydrogens (tertiary/aromatic N) is 4. The van der Waals surface area contributed by atoms with E-state index in [4.69, 9.17) is 4.74 Å². The number of benzene rings is 1. The van der Waals surface area contributed by atoms with Crippen molar-refractivity contribution >= 4 is 17.6 Å². The number of rotatable bonds is 7. The summed E-state index contributed by atoms with van der Waals surface area (Å²) in [5.41, 5.74) is 0.545. The largest absolute Gasteiger partial charge is 0.494 e. The number of hydrogen-bond acceptors (Lipinski definition) is 7. The van der Waals surface area contributed by atoms with Gasteiger partial charge in [0.2, 0.25) is 11.9 Å². The molecular weight excluding hydrogens is 323 g/mol. The Labute approximate surface area is 146 Å². The summed E-state index contributed by atoms with van der Waals surface area (Å²) in [5, 5.41) is 6.24. The van der Waals surface area contributed by atoms with Gasteiger partial charge in [-0.3, -0.25) is 4.90 Å². The fourth-order valence-corrected chi connectivity index (χ4v) is 3.07. The lowest BCUT2D eigenvalue weighted by atomic mass is 10.2. The third-order valence-corrected chi connectivity index (χ3v) is 4.38. The lowest BCUT2D eigenvalue weighted by Crippen LogP contribution is -2.34. The van der Waals surface area contributed by atoms with Gasteiger partial charge in [-0.15, -0.1) is 0 Å². The molecule has 0 aliphatic carbocycles. The highest BCUT2D eigenvalue weighted by Crippen LogP contribution is 2.22. The molecule has 134 valence electrons. The van der Waals surface area contributed by atoms with Crippen LogP contribution in [0.15, 0.2) is 24.5 Å². The average molecular weight is 346 g/mol. The number of ether oxygens (including phenoxy) is 1. The van der Waals surface area contributed by atoms with E-state index in [0.717, 1.165) is 19.6 Å². The summed E-state index contributed by atoms with van der Waals surface area (Å²) in [7, 11) is 1.43. The van der Waals surface area contributed by atoms with E-state index < -0.39 is 5.82 Å². The second-order valence-electron chi connectivity index (χ2n) is 5.91.